The predicted octanol–water partition coefficient (Wildman–Crippen LogP) is 3.82. The van der Waals surface area contributed by atoms with Crippen LogP contribution in [0.15, 0.2) is 94.7 Å². The van der Waals surface area contributed by atoms with Crippen LogP contribution < -0.4 is 4.74 Å². The maximum absolute atomic E-state index is 13.6. The topological polar surface area (TPSA) is 94.6 Å². The first kappa shape index (κ1) is 23.7. The molecule has 1 atom stereocenters. The Kier molecular flexibility index (Phi) is 6.85. The predicted molar refractivity (Wildman–Crippen MR) is 122 cm³/mol. The van der Waals surface area contributed by atoms with Gasteiger partial charge < -0.3 is 9.53 Å². The minimum atomic E-state index is -4.37. The first-order valence-corrected chi connectivity index (χ1v) is 12.9. The van der Waals surface area contributed by atoms with Crippen molar-refractivity contribution < 1.29 is 26.4 Å². The van der Waals surface area contributed by atoms with Crippen LogP contribution in [0.3, 0.4) is 0 Å². The normalized spacial score (nSPS) is 14.0. The highest BCUT2D eigenvalue weighted by Gasteiger charge is 2.46. The minimum Gasteiger partial charge on any atom is -0.496 e. The van der Waals surface area contributed by atoms with E-state index in [1.807, 2.05) is 0 Å². The lowest BCUT2D eigenvalue weighted by Crippen LogP contribution is -2.39. The molecule has 32 heavy (non-hydrogen) atoms. The Hall–Kier alpha value is -2.97. The van der Waals surface area contributed by atoms with Crippen molar-refractivity contribution in [1.29, 1.82) is 0 Å². The summed E-state index contributed by atoms with van der Waals surface area (Å²) in [5.74, 6) is 0.370. The van der Waals surface area contributed by atoms with E-state index in [1.54, 1.807) is 36.4 Å². The largest absolute Gasteiger partial charge is 0.496 e. The Labute approximate surface area is 188 Å². The quantitative estimate of drug-likeness (QED) is 0.440. The molecule has 0 radical (unpaired) electrons. The zero-order valence-corrected chi connectivity index (χ0v) is 19.3. The smallest absolute Gasteiger partial charge is 0.195 e. The van der Waals surface area contributed by atoms with Crippen LogP contribution in [-0.4, -0.2) is 34.8 Å². The van der Waals surface area contributed by atoms with Gasteiger partial charge in [0.05, 0.1) is 22.3 Å². The van der Waals surface area contributed by atoms with Crippen LogP contribution in [0.4, 0.5) is 0 Å². The number of carbonyl (C=O) groups excluding carboxylic acids is 1. The lowest BCUT2D eigenvalue weighted by molar-refractivity contribution is -0.112. The van der Waals surface area contributed by atoms with Crippen LogP contribution in [0.5, 0.6) is 5.75 Å². The molecule has 0 saturated heterocycles. The molecular weight excluding hydrogens is 448 g/mol. The first-order chi connectivity index (χ1) is 15.2. The molecule has 0 aliphatic carbocycles. The molecule has 0 fully saturated rings. The molecule has 0 heterocycles. The number of carbonyl (C=O) groups is 1. The van der Waals surface area contributed by atoms with Gasteiger partial charge in [0.25, 0.3) is 0 Å². The van der Waals surface area contributed by atoms with Crippen molar-refractivity contribution >= 4 is 26.0 Å². The van der Waals surface area contributed by atoms with E-state index in [-0.39, 0.29) is 9.79 Å². The monoisotopic (exact) mass is 472 g/mol. The molecule has 3 aromatic rings. The standard InChI is InChI=1S/C24H24O6S2/c1-24(18-25,21-15-9-10-16-22(21)30-2)17-23(31(26,27)19-11-5-3-6-12-19)32(28,29)20-13-7-4-8-14-20/h3-16,18,23H,17H2,1-2H3/t24-/m0/s1. The summed E-state index contributed by atoms with van der Waals surface area (Å²) in [7, 11) is -7.30. The van der Waals surface area contributed by atoms with Crippen molar-refractivity contribution in [2.45, 2.75) is 33.1 Å². The molecule has 0 N–H and O–H groups in total. The Balaban J connectivity index is 2.22. The summed E-state index contributed by atoms with van der Waals surface area (Å²) in [6, 6.07) is 21.5. The van der Waals surface area contributed by atoms with Gasteiger partial charge in [-0.15, -0.1) is 0 Å². The van der Waals surface area contributed by atoms with Crippen molar-refractivity contribution in [3.63, 3.8) is 0 Å². The number of sulfone groups is 2. The van der Waals surface area contributed by atoms with Gasteiger partial charge in [-0.1, -0.05) is 54.6 Å². The maximum atomic E-state index is 13.6. The van der Waals surface area contributed by atoms with Crippen LogP contribution >= 0.6 is 0 Å². The Morgan fingerprint density at radius 3 is 1.66 bits per heavy atom. The van der Waals surface area contributed by atoms with Crippen LogP contribution in [0.2, 0.25) is 0 Å². The number of aldehydes is 1. The van der Waals surface area contributed by atoms with Gasteiger partial charge in [0.2, 0.25) is 0 Å². The third-order valence-electron chi connectivity index (χ3n) is 5.41. The summed E-state index contributed by atoms with van der Waals surface area (Å²) < 4.78 is 57.9. The van der Waals surface area contributed by atoms with Gasteiger partial charge in [-0.2, -0.15) is 0 Å². The van der Waals surface area contributed by atoms with Crippen LogP contribution in [0.1, 0.15) is 18.9 Å². The van der Waals surface area contributed by atoms with Crippen LogP contribution in [-0.2, 0) is 29.9 Å². The maximum Gasteiger partial charge on any atom is 0.195 e. The Morgan fingerprint density at radius 1 is 0.781 bits per heavy atom. The van der Waals surface area contributed by atoms with Gasteiger partial charge in [0, 0.05) is 5.56 Å². The van der Waals surface area contributed by atoms with E-state index < -0.39 is 36.1 Å². The lowest BCUT2D eigenvalue weighted by Gasteiger charge is -2.30. The molecule has 168 valence electrons. The van der Waals surface area contributed by atoms with Gasteiger partial charge >= 0.3 is 0 Å². The Morgan fingerprint density at radius 2 is 1.22 bits per heavy atom. The summed E-state index contributed by atoms with van der Waals surface area (Å²) in [6.07, 6.45) is 0.101. The number of methoxy groups -OCH3 is 1. The van der Waals surface area contributed by atoms with Crippen LogP contribution in [0.25, 0.3) is 0 Å². The lowest BCUT2D eigenvalue weighted by atomic mass is 9.81. The zero-order valence-electron chi connectivity index (χ0n) is 17.7. The second-order valence-corrected chi connectivity index (χ2v) is 12.1. The van der Waals surface area contributed by atoms with Crippen molar-refractivity contribution in [3.05, 3.63) is 90.5 Å². The van der Waals surface area contributed by atoms with E-state index >= 15 is 0 Å². The van der Waals surface area contributed by atoms with Crippen molar-refractivity contribution in [2.75, 3.05) is 7.11 Å². The Bertz CT molecular complexity index is 1220. The van der Waals surface area contributed by atoms with Gasteiger partial charge in [-0.3, -0.25) is 0 Å². The van der Waals surface area contributed by atoms with Crippen molar-refractivity contribution in [2.24, 2.45) is 0 Å². The summed E-state index contributed by atoms with van der Waals surface area (Å²) >= 11 is 0. The highest BCUT2D eigenvalue weighted by molar-refractivity contribution is 8.09. The number of hydrogen-bond donors (Lipinski definition) is 0. The first-order valence-electron chi connectivity index (χ1n) is 9.84. The highest BCUT2D eigenvalue weighted by atomic mass is 32.3. The van der Waals surface area contributed by atoms with Gasteiger partial charge in [0.15, 0.2) is 24.3 Å². The van der Waals surface area contributed by atoms with Crippen LogP contribution in [0, 0.1) is 0 Å². The molecule has 0 amide bonds. The SMILES string of the molecule is COc1ccccc1[C@](C)(C=O)CC(S(=O)(=O)c1ccccc1)S(=O)(=O)c1ccccc1. The average molecular weight is 473 g/mol. The third kappa shape index (κ3) is 4.47. The molecule has 3 aromatic carbocycles. The number of hydrogen-bond acceptors (Lipinski definition) is 6. The number of benzene rings is 3. The molecule has 0 aliphatic rings. The summed E-state index contributed by atoms with van der Waals surface area (Å²) in [5, 5.41) is 0. The van der Waals surface area contributed by atoms with E-state index in [0.29, 0.717) is 17.6 Å². The van der Waals surface area contributed by atoms with Crippen molar-refractivity contribution in [1.82, 2.24) is 0 Å². The second kappa shape index (κ2) is 9.26. The van der Waals surface area contributed by atoms with E-state index in [4.69, 9.17) is 4.74 Å². The third-order valence-corrected chi connectivity index (χ3v) is 10.5. The molecule has 0 saturated carbocycles. The molecule has 6 nitrogen and oxygen atoms in total. The average Bonchev–Trinajstić information content (AvgIpc) is 2.83. The fourth-order valence-corrected chi connectivity index (χ4v) is 8.41. The van der Waals surface area contributed by atoms with E-state index in [1.165, 1.54) is 62.6 Å². The molecule has 0 aromatic heterocycles. The fourth-order valence-electron chi connectivity index (χ4n) is 3.59. The summed E-state index contributed by atoms with van der Waals surface area (Å²) in [4.78, 5) is 12.1. The fraction of sp³-hybridized carbons (Fsp3) is 0.208. The van der Waals surface area contributed by atoms with Gasteiger partial charge in [-0.05, 0) is 43.7 Å². The summed E-state index contributed by atoms with van der Waals surface area (Å²) in [6.45, 7) is 1.52. The molecule has 3 rings (SSSR count). The highest BCUT2D eigenvalue weighted by Crippen LogP contribution is 2.39. The number of para-hydroxylation sites is 1. The molecule has 0 unspecified atom stereocenters. The number of ether oxygens (including phenoxy) is 1. The van der Waals surface area contributed by atoms with E-state index in [9.17, 15) is 21.6 Å². The molecule has 0 bridgehead atoms. The summed E-state index contributed by atoms with van der Waals surface area (Å²) in [5.41, 5.74) is -1.03. The van der Waals surface area contributed by atoms with Gasteiger partial charge in [-0.25, -0.2) is 16.8 Å². The second-order valence-electron chi connectivity index (χ2n) is 7.59. The molecule has 0 spiro atoms. The van der Waals surface area contributed by atoms with E-state index in [2.05, 4.69) is 0 Å². The van der Waals surface area contributed by atoms with Gasteiger partial charge in [0.1, 0.15) is 12.0 Å². The minimum absolute atomic E-state index is 0.127. The molecule has 8 heteroatoms. The van der Waals surface area contributed by atoms with Crippen molar-refractivity contribution in [3.8, 4) is 5.75 Å². The van der Waals surface area contributed by atoms with E-state index in [0.717, 1.165) is 0 Å². The zero-order chi connectivity index (χ0) is 23.4. The molecular formula is C24H24O6S2. The molecule has 0 aliphatic heterocycles. The number of rotatable bonds is 9.